The number of rotatable bonds is 4. The molecule has 0 N–H and O–H groups in total. The van der Waals surface area contributed by atoms with Gasteiger partial charge in [0.2, 0.25) is 0 Å². The van der Waals surface area contributed by atoms with Gasteiger partial charge in [0.15, 0.2) is 0 Å². The molecule has 0 amide bonds. The smallest absolute Gasteiger partial charge is 0.313 e. The second-order valence-electron chi connectivity index (χ2n) is 4.14. The molecule has 94 valence electrons. The Labute approximate surface area is 112 Å². The number of carbonyl (C=O) groups excluding carboxylic acids is 1. The number of hydrogen-bond donors (Lipinski definition) is 0. The SMILES string of the molecule is CCOC(=O)C(c1cc(Cl)ccc1Cl)C(C)C. The van der Waals surface area contributed by atoms with E-state index in [2.05, 4.69) is 0 Å². The van der Waals surface area contributed by atoms with Gasteiger partial charge in [-0.1, -0.05) is 37.0 Å². The van der Waals surface area contributed by atoms with Crippen LogP contribution in [0.25, 0.3) is 0 Å². The van der Waals surface area contributed by atoms with Crippen LogP contribution in [0, 0.1) is 5.92 Å². The van der Waals surface area contributed by atoms with E-state index in [1.54, 1.807) is 25.1 Å². The second kappa shape index (κ2) is 6.27. The molecule has 1 aromatic rings. The molecule has 0 aromatic heterocycles. The van der Waals surface area contributed by atoms with E-state index in [0.29, 0.717) is 16.7 Å². The van der Waals surface area contributed by atoms with Crippen LogP contribution in [-0.2, 0) is 9.53 Å². The molecule has 0 saturated carbocycles. The van der Waals surface area contributed by atoms with Crippen molar-refractivity contribution in [2.75, 3.05) is 6.61 Å². The van der Waals surface area contributed by atoms with Gasteiger partial charge in [0.25, 0.3) is 0 Å². The molecule has 0 saturated heterocycles. The molecule has 0 bridgehead atoms. The molecule has 1 aromatic carbocycles. The predicted octanol–water partition coefficient (Wildman–Crippen LogP) is 4.30. The summed E-state index contributed by atoms with van der Waals surface area (Å²) in [6.45, 7) is 6.06. The normalized spacial score (nSPS) is 12.6. The second-order valence-corrected chi connectivity index (χ2v) is 4.98. The van der Waals surface area contributed by atoms with Crippen molar-refractivity contribution in [3.8, 4) is 0 Å². The maximum Gasteiger partial charge on any atom is 0.313 e. The Hall–Kier alpha value is -0.730. The Balaban J connectivity index is 3.13. The number of hydrogen-bond acceptors (Lipinski definition) is 2. The molecule has 4 heteroatoms. The maximum atomic E-state index is 11.9. The van der Waals surface area contributed by atoms with Crippen LogP contribution in [0.3, 0.4) is 0 Å². The van der Waals surface area contributed by atoms with E-state index < -0.39 is 0 Å². The highest BCUT2D eigenvalue weighted by Gasteiger charge is 2.27. The number of esters is 1. The van der Waals surface area contributed by atoms with Gasteiger partial charge in [0, 0.05) is 10.0 Å². The average Bonchev–Trinajstić information content (AvgIpc) is 2.23. The highest BCUT2D eigenvalue weighted by molar-refractivity contribution is 6.33. The molecular formula is C13H16Cl2O2. The Bertz CT molecular complexity index is 402. The predicted molar refractivity (Wildman–Crippen MR) is 70.7 cm³/mol. The van der Waals surface area contributed by atoms with Crippen molar-refractivity contribution in [3.05, 3.63) is 33.8 Å². The number of benzene rings is 1. The number of carbonyl (C=O) groups is 1. The third-order valence-corrected chi connectivity index (χ3v) is 3.08. The zero-order valence-electron chi connectivity index (χ0n) is 10.2. The number of halogens is 2. The summed E-state index contributed by atoms with van der Waals surface area (Å²) in [5, 5.41) is 1.11. The van der Waals surface area contributed by atoms with Crippen LogP contribution < -0.4 is 0 Å². The monoisotopic (exact) mass is 274 g/mol. The van der Waals surface area contributed by atoms with Gasteiger partial charge >= 0.3 is 5.97 Å². The minimum atomic E-state index is -0.374. The molecule has 1 atom stereocenters. The van der Waals surface area contributed by atoms with Crippen LogP contribution in [0.1, 0.15) is 32.3 Å². The largest absolute Gasteiger partial charge is 0.466 e. The van der Waals surface area contributed by atoms with Crippen molar-refractivity contribution in [2.45, 2.75) is 26.7 Å². The van der Waals surface area contributed by atoms with Gasteiger partial charge in [-0.25, -0.2) is 0 Å². The molecule has 0 spiro atoms. The van der Waals surface area contributed by atoms with E-state index in [9.17, 15) is 4.79 Å². The summed E-state index contributed by atoms with van der Waals surface area (Å²) in [5.41, 5.74) is 0.729. The van der Waals surface area contributed by atoms with Gasteiger partial charge in [-0.3, -0.25) is 4.79 Å². The van der Waals surface area contributed by atoms with E-state index in [-0.39, 0.29) is 17.8 Å². The van der Waals surface area contributed by atoms with Gasteiger partial charge in [-0.2, -0.15) is 0 Å². The summed E-state index contributed by atoms with van der Waals surface area (Å²) in [4.78, 5) is 11.9. The van der Waals surface area contributed by atoms with Crippen LogP contribution in [-0.4, -0.2) is 12.6 Å². The molecule has 0 aliphatic heterocycles. The first-order valence-electron chi connectivity index (χ1n) is 5.59. The van der Waals surface area contributed by atoms with Crippen molar-refractivity contribution < 1.29 is 9.53 Å². The van der Waals surface area contributed by atoms with Gasteiger partial charge < -0.3 is 4.74 Å². The van der Waals surface area contributed by atoms with Crippen LogP contribution in [0.5, 0.6) is 0 Å². The van der Waals surface area contributed by atoms with E-state index >= 15 is 0 Å². The summed E-state index contributed by atoms with van der Waals surface area (Å²) in [5.74, 6) is -0.530. The molecule has 0 heterocycles. The zero-order chi connectivity index (χ0) is 13.0. The lowest BCUT2D eigenvalue weighted by molar-refractivity contribution is -0.146. The van der Waals surface area contributed by atoms with Gasteiger partial charge in [0.1, 0.15) is 0 Å². The Morgan fingerprint density at radius 3 is 2.53 bits per heavy atom. The highest BCUT2D eigenvalue weighted by Crippen LogP contribution is 2.33. The molecule has 1 rings (SSSR count). The summed E-state index contributed by atoms with van der Waals surface area (Å²) >= 11 is 12.0. The molecular weight excluding hydrogens is 259 g/mol. The first kappa shape index (κ1) is 14.3. The molecule has 0 aliphatic carbocycles. The minimum Gasteiger partial charge on any atom is -0.466 e. The van der Waals surface area contributed by atoms with E-state index in [4.69, 9.17) is 27.9 Å². The number of ether oxygens (including phenoxy) is 1. The van der Waals surface area contributed by atoms with Gasteiger partial charge in [0.05, 0.1) is 12.5 Å². The summed E-state index contributed by atoms with van der Waals surface area (Å²) < 4.78 is 5.07. The fraction of sp³-hybridized carbons (Fsp3) is 0.462. The summed E-state index contributed by atoms with van der Waals surface area (Å²) in [6.07, 6.45) is 0. The van der Waals surface area contributed by atoms with Crippen LogP contribution in [0.4, 0.5) is 0 Å². The first-order chi connectivity index (χ1) is 7.97. The van der Waals surface area contributed by atoms with Crippen molar-refractivity contribution in [2.24, 2.45) is 5.92 Å². The topological polar surface area (TPSA) is 26.3 Å². The Morgan fingerprint density at radius 1 is 1.35 bits per heavy atom. The fourth-order valence-corrected chi connectivity index (χ4v) is 2.16. The van der Waals surface area contributed by atoms with Crippen LogP contribution >= 0.6 is 23.2 Å². The lowest BCUT2D eigenvalue weighted by atomic mass is 9.88. The third-order valence-electron chi connectivity index (χ3n) is 2.50. The van der Waals surface area contributed by atoms with Crippen LogP contribution in [0.2, 0.25) is 10.0 Å². The Kier molecular flexibility index (Phi) is 5.29. The average molecular weight is 275 g/mol. The first-order valence-corrected chi connectivity index (χ1v) is 6.34. The molecule has 0 fully saturated rings. The summed E-state index contributed by atoms with van der Waals surface area (Å²) in [7, 11) is 0. The summed E-state index contributed by atoms with van der Waals surface area (Å²) in [6, 6.07) is 5.13. The molecule has 1 unspecified atom stereocenters. The Morgan fingerprint density at radius 2 is 2.00 bits per heavy atom. The molecule has 17 heavy (non-hydrogen) atoms. The van der Waals surface area contributed by atoms with Crippen molar-refractivity contribution >= 4 is 29.2 Å². The highest BCUT2D eigenvalue weighted by atomic mass is 35.5. The lowest BCUT2D eigenvalue weighted by Gasteiger charge is -2.20. The molecule has 0 radical (unpaired) electrons. The quantitative estimate of drug-likeness (QED) is 0.766. The third kappa shape index (κ3) is 3.62. The standard InChI is InChI=1S/C13H16Cl2O2/c1-4-17-13(16)12(8(2)3)10-7-9(14)5-6-11(10)15/h5-8,12H,4H2,1-3H3. The van der Waals surface area contributed by atoms with E-state index in [0.717, 1.165) is 5.56 Å². The maximum absolute atomic E-state index is 11.9. The molecule has 2 nitrogen and oxygen atoms in total. The van der Waals surface area contributed by atoms with Crippen LogP contribution in [0.15, 0.2) is 18.2 Å². The lowest BCUT2D eigenvalue weighted by Crippen LogP contribution is -2.21. The van der Waals surface area contributed by atoms with E-state index in [1.165, 1.54) is 0 Å². The molecule has 0 aliphatic rings. The van der Waals surface area contributed by atoms with Gasteiger partial charge in [-0.05, 0) is 36.6 Å². The fourth-order valence-electron chi connectivity index (χ4n) is 1.74. The van der Waals surface area contributed by atoms with Crippen molar-refractivity contribution in [3.63, 3.8) is 0 Å². The van der Waals surface area contributed by atoms with Crippen molar-refractivity contribution in [1.29, 1.82) is 0 Å². The van der Waals surface area contributed by atoms with E-state index in [1.807, 2.05) is 13.8 Å². The minimum absolute atomic E-state index is 0.102. The van der Waals surface area contributed by atoms with Gasteiger partial charge in [-0.15, -0.1) is 0 Å². The zero-order valence-corrected chi connectivity index (χ0v) is 11.7. The van der Waals surface area contributed by atoms with Crippen molar-refractivity contribution in [1.82, 2.24) is 0 Å².